The fourth-order valence-corrected chi connectivity index (χ4v) is 4.48. The van der Waals surface area contributed by atoms with Crippen molar-refractivity contribution in [3.05, 3.63) is 24.1 Å². The highest BCUT2D eigenvalue weighted by Crippen LogP contribution is 2.36. The third-order valence-corrected chi connectivity index (χ3v) is 5.82. The van der Waals surface area contributed by atoms with Crippen LogP contribution in [0.2, 0.25) is 0 Å². The first-order valence-electron chi connectivity index (χ1n) is 9.69. The Kier molecular flexibility index (Phi) is 6.57. The van der Waals surface area contributed by atoms with Crippen LogP contribution in [0.25, 0.3) is 11.1 Å². The maximum absolute atomic E-state index is 12.9. The minimum absolute atomic E-state index is 0. The van der Waals surface area contributed by atoms with E-state index < -0.39 is 5.97 Å². The molecule has 1 aromatic heterocycles. The molecule has 28 heavy (non-hydrogen) atoms. The standard InChI is InChI=1S/C20H25N3O4.ClH/c1-26-20(25)19-23-15-11-13(7-8-16(15)27-19)22-18(24)17-14(9-10-21-17)12-5-3-2-4-6-12;/h7-8,11-12,14,17,21H,2-6,9-10H2,1H3,(H,22,24);1H/t14-,17-;/m0./s1. The topological polar surface area (TPSA) is 93.5 Å². The van der Waals surface area contributed by atoms with Gasteiger partial charge in [0.2, 0.25) is 5.91 Å². The summed E-state index contributed by atoms with van der Waals surface area (Å²) in [6.45, 7) is 0.893. The van der Waals surface area contributed by atoms with Gasteiger partial charge in [0, 0.05) is 5.69 Å². The molecule has 2 fully saturated rings. The fraction of sp³-hybridized carbons (Fsp3) is 0.550. The van der Waals surface area contributed by atoms with E-state index in [1.54, 1.807) is 18.2 Å². The number of benzene rings is 1. The second-order valence-corrected chi connectivity index (χ2v) is 7.46. The molecule has 2 aromatic rings. The van der Waals surface area contributed by atoms with Crippen LogP contribution in [0.4, 0.5) is 5.69 Å². The molecule has 0 unspecified atom stereocenters. The molecule has 0 spiro atoms. The van der Waals surface area contributed by atoms with Gasteiger partial charge in [0.1, 0.15) is 5.52 Å². The van der Waals surface area contributed by atoms with E-state index >= 15 is 0 Å². The van der Waals surface area contributed by atoms with Crippen molar-refractivity contribution in [1.29, 1.82) is 0 Å². The number of nitrogens with one attached hydrogen (secondary N) is 2. The van der Waals surface area contributed by atoms with Crippen LogP contribution in [0.3, 0.4) is 0 Å². The number of esters is 1. The van der Waals surface area contributed by atoms with E-state index in [0.717, 1.165) is 13.0 Å². The normalized spacial score (nSPS) is 22.6. The zero-order valence-corrected chi connectivity index (χ0v) is 16.7. The van der Waals surface area contributed by atoms with Crippen LogP contribution in [-0.2, 0) is 9.53 Å². The predicted molar refractivity (Wildman–Crippen MR) is 108 cm³/mol. The lowest BCUT2D eigenvalue weighted by Crippen LogP contribution is -2.42. The lowest BCUT2D eigenvalue weighted by Gasteiger charge is -2.30. The summed E-state index contributed by atoms with van der Waals surface area (Å²) in [4.78, 5) is 28.6. The van der Waals surface area contributed by atoms with Gasteiger partial charge in [-0.25, -0.2) is 9.78 Å². The number of amides is 1. The first-order valence-corrected chi connectivity index (χ1v) is 9.69. The van der Waals surface area contributed by atoms with Crippen LogP contribution < -0.4 is 10.6 Å². The first-order chi connectivity index (χ1) is 13.2. The number of carbonyl (C=O) groups is 2. The average molecular weight is 408 g/mol. The van der Waals surface area contributed by atoms with Crippen molar-refractivity contribution in [2.75, 3.05) is 19.0 Å². The van der Waals surface area contributed by atoms with Crippen molar-refractivity contribution < 1.29 is 18.7 Å². The smallest absolute Gasteiger partial charge is 0.394 e. The molecule has 7 nitrogen and oxygen atoms in total. The number of oxazole rings is 1. The van der Waals surface area contributed by atoms with Gasteiger partial charge in [0.15, 0.2) is 5.58 Å². The monoisotopic (exact) mass is 407 g/mol. The second kappa shape index (κ2) is 8.92. The van der Waals surface area contributed by atoms with E-state index in [0.29, 0.717) is 28.6 Å². The summed E-state index contributed by atoms with van der Waals surface area (Å²) in [5.74, 6) is 0.337. The summed E-state index contributed by atoms with van der Waals surface area (Å²) in [7, 11) is 1.28. The van der Waals surface area contributed by atoms with Crippen molar-refractivity contribution in [3.8, 4) is 0 Å². The molecule has 1 amide bonds. The minimum atomic E-state index is -0.623. The maximum atomic E-state index is 12.9. The number of hydrogen-bond donors (Lipinski definition) is 2. The lowest BCUT2D eigenvalue weighted by molar-refractivity contribution is -0.119. The molecule has 0 bridgehead atoms. The van der Waals surface area contributed by atoms with Gasteiger partial charge in [0.05, 0.1) is 13.2 Å². The second-order valence-electron chi connectivity index (χ2n) is 7.46. The van der Waals surface area contributed by atoms with Gasteiger partial charge in [0.25, 0.3) is 0 Å². The molecule has 2 heterocycles. The number of anilines is 1. The molecule has 2 aliphatic rings. The number of nitrogens with zero attached hydrogens (tertiary/aromatic N) is 1. The molecule has 2 atom stereocenters. The summed E-state index contributed by atoms with van der Waals surface area (Å²) >= 11 is 0. The van der Waals surface area contributed by atoms with Crippen LogP contribution in [0.1, 0.15) is 49.2 Å². The van der Waals surface area contributed by atoms with E-state index in [2.05, 4.69) is 20.4 Å². The van der Waals surface area contributed by atoms with Gasteiger partial charge in [-0.1, -0.05) is 32.1 Å². The fourth-order valence-electron chi connectivity index (χ4n) is 4.48. The van der Waals surface area contributed by atoms with Crippen molar-refractivity contribution in [3.63, 3.8) is 0 Å². The SMILES string of the molecule is COC(=O)c1nc2cc(NC(=O)[C@H]3NCC[C@H]3C3CCCCC3)ccc2o1.Cl. The van der Waals surface area contributed by atoms with Gasteiger partial charge in [-0.15, -0.1) is 12.4 Å². The largest absolute Gasteiger partial charge is 0.462 e. The Bertz CT molecular complexity index is 847. The summed E-state index contributed by atoms with van der Waals surface area (Å²) in [6.07, 6.45) is 7.41. The lowest BCUT2D eigenvalue weighted by atomic mass is 9.76. The average Bonchev–Trinajstić information content (AvgIpc) is 3.34. The molecule has 1 aromatic carbocycles. The Morgan fingerprint density at radius 3 is 2.75 bits per heavy atom. The highest BCUT2D eigenvalue weighted by atomic mass is 35.5. The van der Waals surface area contributed by atoms with E-state index in [9.17, 15) is 9.59 Å². The number of aromatic nitrogens is 1. The quantitative estimate of drug-likeness (QED) is 0.753. The van der Waals surface area contributed by atoms with Gasteiger partial charge < -0.3 is 19.8 Å². The van der Waals surface area contributed by atoms with E-state index in [1.807, 2.05) is 0 Å². The first kappa shape index (κ1) is 20.6. The van der Waals surface area contributed by atoms with Crippen molar-refractivity contribution in [2.45, 2.75) is 44.6 Å². The zero-order valence-electron chi connectivity index (χ0n) is 15.9. The summed E-state index contributed by atoms with van der Waals surface area (Å²) in [6, 6.07) is 5.03. The zero-order chi connectivity index (χ0) is 18.8. The van der Waals surface area contributed by atoms with Gasteiger partial charge in [-0.3, -0.25) is 4.79 Å². The maximum Gasteiger partial charge on any atom is 0.394 e. The number of methoxy groups -OCH3 is 1. The Morgan fingerprint density at radius 1 is 1.21 bits per heavy atom. The van der Waals surface area contributed by atoms with E-state index in [4.69, 9.17) is 4.42 Å². The number of carbonyl (C=O) groups excluding carboxylic acids is 2. The van der Waals surface area contributed by atoms with Gasteiger partial charge >= 0.3 is 11.9 Å². The molecule has 0 radical (unpaired) electrons. The van der Waals surface area contributed by atoms with Crippen molar-refractivity contribution in [2.24, 2.45) is 11.8 Å². The Hall–Kier alpha value is -2.12. The van der Waals surface area contributed by atoms with Gasteiger partial charge in [-0.05, 0) is 43.0 Å². The van der Waals surface area contributed by atoms with Crippen LogP contribution in [0.5, 0.6) is 0 Å². The predicted octanol–water partition coefficient (Wildman–Crippen LogP) is 3.53. The van der Waals surface area contributed by atoms with Gasteiger partial charge in [-0.2, -0.15) is 0 Å². The molecule has 2 N–H and O–H groups in total. The number of hydrogen-bond acceptors (Lipinski definition) is 6. The summed E-state index contributed by atoms with van der Waals surface area (Å²) in [5, 5.41) is 6.38. The van der Waals surface area contributed by atoms with Crippen LogP contribution in [-0.4, -0.2) is 36.6 Å². The molecule has 8 heteroatoms. The number of fused-ring (bicyclic) bond motifs is 1. The minimum Gasteiger partial charge on any atom is -0.462 e. The summed E-state index contributed by atoms with van der Waals surface area (Å²) < 4.78 is 9.99. The summed E-state index contributed by atoms with van der Waals surface area (Å²) in [5.41, 5.74) is 1.64. The Balaban J connectivity index is 0.00000225. The molecule has 1 aliphatic carbocycles. The molecule has 1 saturated carbocycles. The molecule has 1 aliphatic heterocycles. The van der Waals surface area contributed by atoms with Crippen LogP contribution >= 0.6 is 12.4 Å². The third kappa shape index (κ3) is 4.15. The van der Waals surface area contributed by atoms with E-state index in [1.165, 1.54) is 39.2 Å². The van der Waals surface area contributed by atoms with Crippen LogP contribution in [0, 0.1) is 11.8 Å². The van der Waals surface area contributed by atoms with Crippen molar-refractivity contribution >= 4 is 41.1 Å². The van der Waals surface area contributed by atoms with Crippen LogP contribution in [0.15, 0.2) is 22.6 Å². The van der Waals surface area contributed by atoms with E-state index in [-0.39, 0.29) is 30.2 Å². The Morgan fingerprint density at radius 2 is 2.00 bits per heavy atom. The highest BCUT2D eigenvalue weighted by molar-refractivity contribution is 5.97. The highest BCUT2D eigenvalue weighted by Gasteiger charge is 2.38. The number of ether oxygens (including phenoxy) is 1. The third-order valence-electron chi connectivity index (χ3n) is 5.82. The Labute approximate surface area is 170 Å². The number of halogens is 1. The molecular weight excluding hydrogens is 382 g/mol. The molecule has 4 rings (SSSR count). The van der Waals surface area contributed by atoms with Crippen molar-refractivity contribution in [1.82, 2.24) is 10.3 Å². The molecule has 1 saturated heterocycles. The number of rotatable bonds is 4. The molecule has 152 valence electrons. The molecular formula is C20H26ClN3O4.